The Balaban J connectivity index is 1.79. The maximum atomic E-state index is 13.2. The molecular formula is C20H26N2O3S. The molecular weight excluding hydrogens is 348 g/mol. The summed E-state index contributed by atoms with van der Waals surface area (Å²) in [6.07, 6.45) is 0. The minimum atomic E-state index is -3.48. The summed E-state index contributed by atoms with van der Waals surface area (Å²) in [4.78, 5) is 2.65. The highest BCUT2D eigenvalue weighted by Gasteiger charge is 2.31. The van der Waals surface area contributed by atoms with Gasteiger partial charge in [0.1, 0.15) is 5.75 Å². The summed E-state index contributed by atoms with van der Waals surface area (Å²) in [5, 5.41) is 0. The maximum Gasteiger partial charge on any atom is 0.243 e. The van der Waals surface area contributed by atoms with Gasteiger partial charge in [-0.1, -0.05) is 23.8 Å². The van der Waals surface area contributed by atoms with E-state index in [0.29, 0.717) is 31.1 Å². The van der Waals surface area contributed by atoms with Gasteiger partial charge in [0.25, 0.3) is 0 Å². The van der Waals surface area contributed by atoms with Gasteiger partial charge >= 0.3 is 0 Å². The largest absolute Gasteiger partial charge is 0.497 e. The first kappa shape index (κ1) is 18.7. The van der Waals surface area contributed by atoms with E-state index in [0.717, 1.165) is 28.1 Å². The first-order chi connectivity index (χ1) is 12.3. The van der Waals surface area contributed by atoms with Crippen LogP contribution in [0.3, 0.4) is 0 Å². The maximum absolute atomic E-state index is 13.2. The molecule has 6 heteroatoms. The molecule has 0 unspecified atom stereocenters. The Labute approximate surface area is 156 Å². The Morgan fingerprint density at radius 1 is 0.923 bits per heavy atom. The van der Waals surface area contributed by atoms with Crippen molar-refractivity contribution in [3.05, 3.63) is 53.1 Å². The molecule has 0 aromatic heterocycles. The number of hydrogen-bond acceptors (Lipinski definition) is 4. The number of anilines is 1. The van der Waals surface area contributed by atoms with Crippen LogP contribution in [0.4, 0.5) is 5.69 Å². The lowest BCUT2D eigenvalue weighted by Crippen LogP contribution is -2.48. The van der Waals surface area contributed by atoms with Crippen LogP contribution in [0, 0.1) is 20.8 Å². The second kappa shape index (κ2) is 7.29. The van der Waals surface area contributed by atoms with Gasteiger partial charge in [-0.25, -0.2) is 8.42 Å². The zero-order valence-corrected chi connectivity index (χ0v) is 16.6. The average Bonchev–Trinajstić information content (AvgIpc) is 2.60. The zero-order chi connectivity index (χ0) is 18.9. The minimum absolute atomic E-state index is 0.456. The second-order valence-electron chi connectivity index (χ2n) is 6.82. The molecule has 0 saturated carbocycles. The highest BCUT2D eigenvalue weighted by Crippen LogP contribution is 2.27. The molecule has 140 valence electrons. The summed E-state index contributed by atoms with van der Waals surface area (Å²) < 4.78 is 33.2. The number of sulfonamides is 1. The van der Waals surface area contributed by atoms with Crippen molar-refractivity contribution in [2.75, 3.05) is 38.2 Å². The Bertz CT molecular complexity index is 878. The van der Waals surface area contributed by atoms with E-state index in [4.69, 9.17) is 4.74 Å². The Morgan fingerprint density at radius 2 is 1.54 bits per heavy atom. The summed E-state index contributed by atoms with van der Waals surface area (Å²) in [6.45, 7) is 8.02. The number of ether oxygens (including phenoxy) is 1. The summed E-state index contributed by atoms with van der Waals surface area (Å²) in [7, 11) is -1.83. The van der Waals surface area contributed by atoms with Crippen LogP contribution in [0.1, 0.15) is 16.7 Å². The fourth-order valence-corrected chi connectivity index (χ4v) is 5.53. The van der Waals surface area contributed by atoms with Gasteiger partial charge in [-0.3, -0.25) is 0 Å². The molecule has 0 spiro atoms. The molecule has 0 N–H and O–H groups in total. The quantitative estimate of drug-likeness (QED) is 0.825. The third kappa shape index (κ3) is 3.57. The summed E-state index contributed by atoms with van der Waals surface area (Å²) in [6, 6.07) is 11.8. The molecule has 0 radical (unpaired) electrons. The lowest BCUT2D eigenvalue weighted by Gasteiger charge is -2.36. The van der Waals surface area contributed by atoms with E-state index in [1.165, 1.54) is 0 Å². The van der Waals surface area contributed by atoms with Crippen LogP contribution in [-0.2, 0) is 10.0 Å². The molecule has 1 aliphatic heterocycles. The van der Waals surface area contributed by atoms with E-state index in [1.807, 2.05) is 57.2 Å². The van der Waals surface area contributed by atoms with Gasteiger partial charge in [-0.15, -0.1) is 0 Å². The van der Waals surface area contributed by atoms with Crippen LogP contribution in [0.25, 0.3) is 0 Å². The fourth-order valence-electron chi connectivity index (χ4n) is 3.70. The van der Waals surface area contributed by atoms with E-state index < -0.39 is 10.0 Å². The number of benzene rings is 2. The number of nitrogens with zero attached hydrogens (tertiary/aromatic N) is 2. The molecule has 1 aliphatic rings. The smallest absolute Gasteiger partial charge is 0.243 e. The third-order valence-corrected chi connectivity index (χ3v) is 7.06. The van der Waals surface area contributed by atoms with E-state index in [1.54, 1.807) is 11.4 Å². The van der Waals surface area contributed by atoms with Gasteiger partial charge in [0.15, 0.2) is 0 Å². The number of methoxy groups -OCH3 is 1. The van der Waals surface area contributed by atoms with Crippen molar-refractivity contribution in [3.8, 4) is 5.75 Å². The Kier molecular flexibility index (Phi) is 5.25. The van der Waals surface area contributed by atoms with Crippen LogP contribution in [-0.4, -0.2) is 46.0 Å². The Morgan fingerprint density at radius 3 is 2.12 bits per heavy atom. The van der Waals surface area contributed by atoms with E-state index >= 15 is 0 Å². The SMILES string of the molecule is COc1cccc(N2CCN(S(=O)(=O)c3c(C)cc(C)cc3C)CC2)c1. The van der Waals surface area contributed by atoms with Crippen molar-refractivity contribution in [1.29, 1.82) is 0 Å². The molecule has 0 amide bonds. The average molecular weight is 375 g/mol. The van der Waals surface area contributed by atoms with Crippen molar-refractivity contribution in [2.45, 2.75) is 25.7 Å². The number of rotatable bonds is 4. The van der Waals surface area contributed by atoms with Crippen LogP contribution in [0.15, 0.2) is 41.3 Å². The number of piperazine rings is 1. The predicted molar refractivity (Wildman–Crippen MR) is 105 cm³/mol. The standard InChI is InChI=1S/C20H26N2O3S/c1-15-12-16(2)20(17(3)13-15)26(23,24)22-10-8-21(9-11-22)18-6-5-7-19(14-18)25-4/h5-7,12-14H,8-11H2,1-4H3. The van der Waals surface area contributed by atoms with E-state index in [-0.39, 0.29) is 0 Å². The monoisotopic (exact) mass is 374 g/mol. The minimum Gasteiger partial charge on any atom is -0.497 e. The first-order valence-corrected chi connectivity index (χ1v) is 10.2. The fraction of sp³-hybridized carbons (Fsp3) is 0.400. The molecule has 0 aliphatic carbocycles. The molecule has 2 aromatic rings. The van der Waals surface area contributed by atoms with Crippen molar-refractivity contribution >= 4 is 15.7 Å². The van der Waals surface area contributed by atoms with Crippen molar-refractivity contribution in [2.24, 2.45) is 0 Å². The van der Waals surface area contributed by atoms with Crippen LogP contribution < -0.4 is 9.64 Å². The molecule has 3 rings (SSSR count). The van der Waals surface area contributed by atoms with Gasteiger partial charge in [0.05, 0.1) is 12.0 Å². The highest BCUT2D eigenvalue weighted by atomic mass is 32.2. The van der Waals surface area contributed by atoms with Gasteiger partial charge in [-0.2, -0.15) is 4.31 Å². The van der Waals surface area contributed by atoms with Gasteiger partial charge in [0, 0.05) is 37.9 Å². The predicted octanol–water partition coefficient (Wildman–Crippen LogP) is 3.13. The van der Waals surface area contributed by atoms with Crippen LogP contribution >= 0.6 is 0 Å². The first-order valence-electron chi connectivity index (χ1n) is 8.80. The molecule has 0 bridgehead atoms. The number of aryl methyl sites for hydroxylation is 3. The van der Waals surface area contributed by atoms with Crippen LogP contribution in [0.2, 0.25) is 0 Å². The highest BCUT2D eigenvalue weighted by molar-refractivity contribution is 7.89. The summed E-state index contributed by atoms with van der Waals surface area (Å²) >= 11 is 0. The van der Waals surface area contributed by atoms with Crippen molar-refractivity contribution in [1.82, 2.24) is 4.31 Å². The van der Waals surface area contributed by atoms with Gasteiger partial charge in [-0.05, 0) is 44.0 Å². The second-order valence-corrected chi connectivity index (χ2v) is 8.70. The van der Waals surface area contributed by atoms with Crippen molar-refractivity contribution in [3.63, 3.8) is 0 Å². The molecule has 26 heavy (non-hydrogen) atoms. The molecule has 0 atom stereocenters. The lowest BCUT2D eigenvalue weighted by molar-refractivity contribution is 0.383. The van der Waals surface area contributed by atoms with Crippen molar-refractivity contribution < 1.29 is 13.2 Å². The summed E-state index contributed by atoms with van der Waals surface area (Å²) in [5.74, 6) is 0.809. The third-order valence-electron chi connectivity index (χ3n) is 4.86. The van der Waals surface area contributed by atoms with Crippen LogP contribution in [0.5, 0.6) is 5.75 Å². The summed E-state index contributed by atoms with van der Waals surface area (Å²) in [5.41, 5.74) is 3.78. The lowest BCUT2D eigenvalue weighted by atomic mass is 10.1. The topological polar surface area (TPSA) is 49.9 Å². The normalized spacial score (nSPS) is 15.9. The molecule has 1 saturated heterocycles. The zero-order valence-electron chi connectivity index (χ0n) is 15.8. The van der Waals surface area contributed by atoms with Gasteiger partial charge in [0.2, 0.25) is 10.0 Å². The van der Waals surface area contributed by atoms with E-state index in [9.17, 15) is 8.42 Å². The molecule has 5 nitrogen and oxygen atoms in total. The molecule has 1 heterocycles. The number of hydrogen-bond donors (Lipinski definition) is 0. The molecule has 1 fully saturated rings. The van der Waals surface area contributed by atoms with E-state index in [2.05, 4.69) is 4.90 Å². The molecule has 2 aromatic carbocycles. The van der Waals surface area contributed by atoms with Gasteiger partial charge < -0.3 is 9.64 Å². The Hall–Kier alpha value is -2.05.